The standard InChI is InChI=1S/C18H17NO2/c1-3-8-16(9-4-1)14-19(15-18-12-7-13-20-18)21-17-10-5-2-6-11-17/h1-13H,14-15H2. The molecule has 1 heterocycles. The molecule has 0 fully saturated rings. The van der Waals surface area contributed by atoms with E-state index in [4.69, 9.17) is 9.25 Å². The molecule has 0 bridgehead atoms. The number of hydrogen-bond acceptors (Lipinski definition) is 3. The fourth-order valence-electron chi connectivity index (χ4n) is 2.11. The Bertz CT molecular complexity index is 594. The Kier molecular flexibility index (Phi) is 4.34. The Hall–Kier alpha value is -2.52. The molecule has 0 aliphatic heterocycles. The van der Waals surface area contributed by atoms with Crippen LogP contribution in [0.15, 0.2) is 83.5 Å². The molecule has 0 unspecified atom stereocenters. The molecule has 3 heteroatoms. The number of benzene rings is 2. The lowest BCUT2D eigenvalue weighted by molar-refractivity contribution is -0.0800. The summed E-state index contributed by atoms with van der Waals surface area (Å²) in [6.45, 7) is 1.28. The van der Waals surface area contributed by atoms with Crippen LogP contribution >= 0.6 is 0 Å². The van der Waals surface area contributed by atoms with Crippen molar-refractivity contribution in [3.05, 3.63) is 90.4 Å². The van der Waals surface area contributed by atoms with Crippen LogP contribution in [0, 0.1) is 0 Å². The van der Waals surface area contributed by atoms with Crippen molar-refractivity contribution >= 4 is 0 Å². The molecule has 0 spiro atoms. The summed E-state index contributed by atoms with van der Waals surface area (Å²) >= 11 is 0. The van der Waals surface area contributed by atoms with Crippen LogP contribution in [-0.2, 0) is 13.1 Å². The van der Waals surface area contributed by atoms with E-state index in [-0.39, 0.29) is 0 Å². The van der Waals surface area contributed by atoms with Crippen LogP contribution in [0.4, 0.5) is 0 Å². The third-order valence-electron chi connectivity index (χ3n) is 3.09. The highest BCUT2D eigenvalue weighted by Gasteiger charge is 2.11. The lowest BCUT2D eigenvalue weighted by atomic mass is 10.2. The van der Waals surface area contributed by atoms with Gasteiger partial charge in [0.15, 0.2) is 0 Å². The second-order valence-corrected chi connectivity index (χ2v) is 4.77. The monoisotopic (exact) mass is 279 g/mol. The van der Waals surface area contributed by atoms with Crippen molar-refractivity contribution < 1.29 is 9.25 Å². The van der Waals surface area contributed by atoms with Crippen LogP contribution in [0.3, 0.4) is 0 Å². The van der Waals surface area contributed by atoms with Gasteiger partial charge in [0.2, 0.25) is 0 Å². The van der Waals surface area contributed by atoms with E-state index >= 15 is 0 Å². The van der Waals surface area contributed by atoms with E-state index < -0.39 is 0 Å². The Labute approximate surface area is 124 Å². The Morgan fingerprint density at radius 3 is 2.14 bits per heavy atom. The maximum Gasteiger partial charge on any atom is 0.147 e. The van der Waals surface area contributed by atoms with E-state index in [2.05, 4.69) is 12.1 Å². The summed E-state index contributed by atoms with van der Waals surface area (Å²) in [5, 5.41) is 1.89. The zero-order valence-corrected chi connectivity index (χ0v) is 11.7. The maximum atomic E-state index is 5.97. The van der Waals surface area contributed by atoms with E-state index in [1.807, 2.05) is 65.7 Å². The van der Waals surface area contributed by atoms with Crippen molar-refractivity contribution in [1.82, 2.24) is 5.06 Å². The van der Waals surface area contributed by atoms with Gasteiger partial charge in [-0.05, 0) is 29.8 Å². The second kappa shape index (κ2) is 6.77. The highest BCUT2D eigenvalue weighted by Crippen LogP contribution is 2.16. The predicted molar refractivity (Wildman–Crippen MR) is 81.5 cm³/mol. The SMILES string of the molecule is c1ccc(CN(Cc2ccco2)Oc2ccccc2)cc1. The molecule has 0 aliphatic carbocycles. The zero-order chi connectivity index (χ0) is 14.3. The summed E-state index contributed by atoms with van der Waals surface area (Å²) in [7, 11) is 0. The maximum absolute atomic E-state index is 5.97. The number of rotatable bonds is 6. The molecule has 3 rings (SSSR count). The molecular formula is C18H17NO2. The van der Waals surface area contributed by atoms with E-state index in [1.54, 1.807) is 6.26 Å². The number of para-hydroxylation sites is 1. The van der Waals surface area contributed by atoms with Crippen molar-refractivity contribution in [2.75, 3.05) is 0 Å². The predicted octanol–water partition coefficient (Wildman–Crippen LogP) is 4.28. The molecular weight excluding hydrogens is 262 g/mol. The highest BCUT2D eigenvalue weighted by atomic mass is 16.7. The van der Waals surface area contributed by atoms with Gasteiger partial charge in [0.1, 0.15) is 11.5 Å². The van der Waals surface area contributed by atoms with Gasteiger partial charge < -0.3 is 9.25 Å². The summed E-state index contributed by atoms with van der Waals surface area (Å²) < 4.78 is 5.42. The van der Waals surface area contributed by atoms with Crippen LogP contribution in [0.5, 0.6) is 5.75 Å². The van der Waals surface area contributed by atoms with Crippen molar-refractivity contribution in [3.8, 4) is 5.75 Å². The molecule has 0 N–H and O–H groups in total. The quantitative estimate of drug-likeness (QED) is 0.630. The molecule has 2 aromatic carbocycles. The third kappa shape index (κ3) is 3.97. The van der Waals surface area contributed by atoms with Gasteiger partial charge in [0, 0.05) is 0 Å². The minimum absolute atomic E-state index is 0.594. The molecule has 0 amide bonds. The van der Waals surface area contributed by atoms with E-state index in [0.29, 0.717) is 13.1 Å². The Balaban J connectivity index is 1.74. The molecule has 3 nitrogen and oxygen atoms in total. The average molecular weight is 279 g/mol. The van der Waals surface area contributed by atoms with Gasteiger partial charge in [-0.25, -0.2) is 0 Å². The van der Waals surface area contributed by atoms with Crippen molar-refractivity contribution in [2.45, 2.75) is 13.1 Å². The van der Waals surface area contributed by atoms with Gasteiger partial charge >= 0.3 is 0 Å². The zero-order valence-electron chi connectivity index (χ0n) is 11.7. The van der Waals surface area contributed by atoms with Crippen LogP contribution < -0.4 is 4.84 Å². The van der Waals surface area contributed by atoms with Crippen LogP contribution in [-0.4, -0.2) is 5.06 Å². The van der Waals surface area contributed by atoms with Crippen molar-refractivity contribution in [1.29, 1.82) is 0 Å². The first-order valence-electron chi connectivity index (χ1n) is 6.94. The van der Waals surface area contributed by atoms with E-state index in [9.17, 15) is 0 Å². The van der Waals surface area contributed by atoms with Gasteiger partial charge in [-0.1, -0.05) is 48.5 Å². The molecule has 21 heavy (non-hydrogen) atoms. The van der Waals surface area contributed by atoms with Crippen molar-refractivity contribution in [2.24, 2.45) is 0 Å². The summed E-state index contributed by atoms with van der Waals surface area (Å²) in [5.74, 6) is 1.70. The summed E-state index contributed by atoms with van der Waals surface area (Å²) in [6, 6.07) is 23.9. The highest BCUT2D eigenvalue weighted by molar-refractivity contribution is 5.21. The van der Waals surface area contributed by atoms with Crippen LogP contribution in [0.1, 0.15) is 11.3 Å². The Morgan fingerprint density at radius 2 is 1.48 bits per heavy atom. The fraction of sp³-hybridized carbons (Fsp3) is 0.111. The van der Waals surface area contributed by atoms with Crippen LogP contribution in [0.2, 0.25) is 0 Å². The topological polar surface area (TPSA) is 25.6 Å². The molecule has 0 saturated carbocycles. The minimum atomic E-state index is 0.594. The van der Waals surface area contributed by atoms with E-state index in [1.165, 1.54) is 5.56 Å². The second-order valence-electron chi connectivity index (χ2n) is 4.77. The molecule has 106 valence electrons. The summed E-state index contributed by atoms with van der Waals surface area (Å²) in [5.41, 5.74) is 1.19. The number of nitrogens with zero attached hydrogens (tertiary/aromatic N) is 1. The number of hydrogen-bond donors (Lipinski definition) is 0. The van der Waals surface area contributed by atoms with Crippen LogP contribution in [0.25, 0.3) is 0 Å². The fourth-order valence-corrected chi connectivity index (χ4v) is 2.11. The normalized spacial score (nSPS) is 10.7. The molecule has 1 aromatic heterocycles. The van der Waals surface area contributed by atoms with Gasteiger partial charge in [0.25, 0.3) is 0 Å². The van der Waals surface area contributed by atoms with Gasteiger partial charge in [0.05, 0.1) is 19.4 Å². The first-order chi connectivity index (χ1) is 10.4. The molecule has 3 aromatic rings. The van der Waals surface area contributed by atoms with E-state index in [0.717, 1.165) is 11.5 Å². The first-order valence-corrected chi connectivity index (χ1v) is 6.94. The largest absolute Gasteiger partial charge is 0.468 e. The third-order valence-corrected chi connectivity index (χ3v) is 3.09. The summed E-state index contributed by atoms with van der Waals surface area (Å²) in [4.78, 5) is 5.97. The lowest BCUT2D eigenvalue weighted by Crippen LogP contribution is -2.26. The first kappa shape index (κ1) is 13.5. The number of hydroxylamine groups is 2. The molecule has 0 radical (unpaired) electrons. The van der Waals surface area contributed by atoms with Crippen molar-refractivity contribution in [3.63, 3.8) is 0 Å². The smallest absolute Gasteiger partial charge is 0.147 e. The summed E-state index contributed by atoms with van der Waals surface area (Å²) in [6.07, 6.45) is 1.68. The molecule has 0 atom stereocenters. The number of furan rings is 1. The van der Waals surface area contributed by atoms with Gasteiger partial charge in [-0.3, -0.25) is 0 Å². The molecule has 0 aliphatic rings. The Morgan fingerprint density at radius 1 is 0.762 bits per heavy atom. The van der Waals surface area contributed by atoms with Gasteiger partial charge in [-0.15, -0.1) is 5.06 Å². The minimum Gasteiger partial charge on any atom is -0.468 e. The lowest BCUT2D eigenvalue weighted by Gasteiger charge is -2.21. The molecule has 0 saturated heterocycles. The van der Waals surface area contributed by atoms with Gasteiger partial charge in [-0.2, -0.15) is 0 Å². The average Bonchev–Trinajstić information content (AvgIpc) is 3.02.